The summed E-state index contributed by atoms with van der Waals surface area (Å²) in [5, 5.41) is 0. The average Bonchev–Trinajstić information content (AvgIpc) is 2.82. The molecule has 0 spiro atoms. The van der Waals surface area contributed by atoms with E-state index in [9.17, 15) is 0 Å². The smallest absolute Gasteiger partial charge is 0.0717 e. The van der Waals surface area contributed by atoms with E-state index in [1.165, 1.54) is 38.5 Å². The zero-order valence-electron chi connectivity index (χ0n) is 15.2. The van der Waals surface area contributed by atoms with Crippen LogP contribution in [-0.4, -0.2) is 35.7 Å². The molecule has 0 aromatic carbocycles. The Labute approximate surface area is 132 Å². The summed E-state index contributed by atoms with van der Waals surface area (Å²) in [7, 11) is 0. The molecule has 0 N–H and O–H groups in total. The number of rotatable bonds is 3. The molecule has 0 aromatic heterocycles. The van der Waals surface area contributed by atoms with Crippen LogP contribution in [0.1, 0.15) is 80.1 Å². The molecule has 124 valence electrons. The summed E-state index contributed by atoms with van der Waals surface area (Å²) in [5.41, 5.74) is 0.567. The van der Waals surface area contributed by atoms with Crippen LogP contribution < -0.4 is 0 Å². The van der Waals surface area contributed by atoms with Gasteiger partial charge in [-0.2, -0.15) is 0 Å². The fraction of sp³-hybridized carbons (Fsp3) is 1.00. The first-order chi connectivity index (χ1) is 9.68. The molecule has 0 aromatic rings. The second kappa shape index (κ2) is 6.58. The van der Waals surface area contributed by atoms with E-state index in [0.717, 1.165) is 19.1 Å². The Morgan fingerprint density at radius 3 is 2.05 bits per heavy atom. The summed E-state index contributed by atoms with van der Waals surface area (Å²) >= 11 is 0. The van der Waals surface area contributed by atoms with E-state index in [1.807, 2.05) is 0 Å². The van der Waals surface area contributed by atoms with Crippen molar-refractivity contribution in [3.8, 4) is 0 Å². The fourth-order valence-electron chi connectivity index (χ4n) is 4.11. The molecule has 0 radical (unpaired) electrons. The van der Waals surface area contributed by atoms with Gasteiger partial charge in [0.2, 0.25) is 0 Å². The Kier molecular flexibility index (Phi) is 5.41. The van der Waals surface area contributed by atoms with Crippen molar-refractivity contribution >= 4 is 0 Å². The fourth-order valence-corrected chi connectivity index (χ4v) is 4.11. The predicted octanol–water partition coefficient (Wildman–Crippen LogP) is 4.87. The van der Waals surface area contributed by atoms with E-state index in [4.69, 9.17) is 4.74 Å². The van der Waals surface area contributed by atoms with Gasteiger partial charge >= 0.3 is 0 Å². The van der Waals surface area contributed by atoms with Gasteiger partial charge < -0.3 is 4.74 Å². The van der Waals surface area contributed by atoms with E-state index in [1.54, 1.807) is 0 Å². The Hall–Kier alpha value is -0.0800. The first-order valence-corrected chi connectivity index (χ1v) is 9.06. The van der Waals surface area contributed by atoms with Crippen LogP contribution in [0.5, 0.6) is 0 Å². The highest BCUT2D eigenvalue weighted by Crippen LogP contribution is 2.38. The monoisotopic (exact) mass is 295 g/mol. The minimum atomic E-state index is 0.237. The molecule has 2 fully saturated rings. The highest BCUT2D eigenvalue weighted by atomic mass is 16.5. The molecule has 2 heteroatoms. The van der Waals surface area contributed by atoms with Crippen LogP contribution in [0, 0.1) is 11.3 Å². The molecule has 1 unspecified atom stereocenters. The standard InChI is InChI=1S/C19H37NO/c1-18(2,3)17-12-16(13-20(17)19(4,5)6)21-14-15-10-8-7-9-11-15/h15-17H,7-14H2,1-6H3/t16?,17-/m0/s1. The molecule has 1 saturated carbocycles. The van der Waals surface area contributed by atoms with Crippen molar-refractivity contribution in [2.45, 2.75) is 97.8 Å². The lowest BCUT2D eigenvalue weighted by atomic mass is 9.83. The quantitative estimate of drug-likeness (QED) is 0.736. The number of nitrogens with zero attached hydrogens (tertiary/aromatic N) is 1. The Morgan fingerprint density at radius 1 is 0.952 bits per heavy atom. The molecule has 1 heterocycles. The van der Waals surface area contributed by atoms with Crippen LogP contribution in [-0.2, 0) is 4.74 Å². The maximum Gasteiger partial charge on any atom is 0.0717 e. The first-order valence-electron chi connectivity index (χ1n) is 9.06. The predicted molar refractivity (Wildman–Crippen MR) is 90.6 cm³/mol. The highest BCUT2D eigenvalue weighted by molar-refractivity contribution is 4.98. The van der Waals surface area contributed by atoms with Crippen LogP contribution >= 0.6 is 0 Å². The van der Waals surface area contributed by atoms with Gasteiger partial charge in [-0.3, -0.25) is 4.90 Å². The maximum absolute atomic E-state index is 6.35. The minimum absolute atomic E-state index is 0.237. The van der Waals surface area contributed by atoms with Crippen molar-refractivity contribution in [1.29, 1.82) is 0 Å². The molecular weight excluding hydrogens is 258 g/mol. The SMILES string of the molecule is CC(C)(C)[C@@H]1CC(OCC2CCCCC2)CN1C(C)(C)C. The second-order valence-electron chi connectivity index (χ2n) is 9.40. The molecule has 1 aliphatic heterocycles. The summed E-state index contributed by atoms with van der Waals surface area (Å²) in [5.74, 6) is 0.829. The van der Waals surface area contributed by atoms with Gasteiger partial charge in [-0.05, 0) is 51.4 Å². The highest BCUT2D eigenvalue weighted by Gasteiger charge is 2.44. The van der Waals surface area contributed by atoms with Gasteiger partial charge in [-0.1, -0.05) is 40.0 Å². The topological polar surface area (TPSA) is 12.5 Å². The van der Waals surface area contributed by atoms with Crippen LogP contribution in [0.4, 0.5) is 0 Å². The normalized spacial score (nSPS) is 30.0. The molecule has 1 saturated heterocycles. The van der Waals surface area contributed by atoms with Gasteiger partial charge in [-0.15, -0.1) is 0 Å². The second-order valence-corrected chi connectivity index (χ2v) is 9.40. The van der Waals surface area contributed by atoms with Gasteiger partial charge in [0.25, 0.3) is 0 Å². The van der Waals surface area contributed by atoms with Crippen molar-refractivity contribution in [2.75, 3.05) is 13.2 Å². The van der Waals surface area contributed by atoms with Crippen molar-refractivity contribution in [1.82, 2.24) is 4.90 Å². The number of likely N-dealkylation sites (tertiary alicyclic amines) is 1. The molecule has 1 aliphatic carbocycles. The molecule has 2 aliphatic rings. The van der Waals surface area contributed by atoms with E-state index in [2.05, 4.69) is 46.4 Å². The van der Waals surface area contributed by atoms with Crippen LogP contribution in [0.3, 0.4) is 0 Å². The van der Waals surface area contributed by atoms with E-state index in [0.29, 0.717) is 17.6 Å². The van der Waals surface area contributed by atoms with Crippen molar-refractivity contribution < 1.29 is 4.74 Å². The van der Waals surface area contributed by atoms with E-state index >= 15 is 0 Å². The van der Waals surface area contributed by atoms with Gasteiger partial charge in [0, 0.05) is 24.7 Å². The van der Waals surface area contributed by atoms with Gasteiger partial charge in [-0.25, -0.2) is 0 Å². The molecule has 2 rings (SSSR count). The summed E-state index contributed by atoms with van der Waals surface area (Å²) in [6.07, 6.45) is 8.68. The Bertz CT molecular complexity index is 297. The molecule has 21 heavy (non-hydrogen) atoms. The summed E-state index contributed by atoms with van der Waals surface area (Å²) in [4.78, 5) is 2.68. The number of ether oxygens (including phenoxy) is 1. The molecular formula is C19H37NO. The van der Waals surface area contributed by atoms with E-state index in [-0.39, 0.29) is 5.54 Å². The largest absolute Gasteiger partial charge is 0.377 e. The third-order valence-electron chi connectivity index (χ3n) is 5.42. The summed E-state index contributed by atoms with van der Waals surface area (Å²) < 4.78 is 6.35. The average molecular weight is 296 g/mol. The van der Waals surface area contributed by atoms with Crippen molar-refractivity contribution in [2.24, 2.45) is 11.3 Å². The van der Waals surface area contributed by atoms with E-state index < -0.39 is 0 Å². The Morgan fingerprint density at radius 2 is 1.57 bits per heavy atom. The maximum atomic E-state index is 6.35. The zero-order chi connectivity index (χ0) is 15.7. The number of hydrogen-bond donors (Lipinski definition) is 0. The number of hydrogen-bond acceptors (Lipinski definition) is 2. The zero-order valence-corrected chi connectivity index (χ0v) is 15.2. The first kappa shape index (κ1) is 17.3. The van der Waals surface area contributed by atoms with Crippen LogP contribution in [0.2, 0.25) is 0 Å². The van der Waals surface area contributed by atoms with Crippen LogP contribution in [0.15, 0.2) is 0 Å². The van der Waals surface area contributed by atoms with Gasteiger partial charge in [0.15, 0.2) is 0 Å². The molecule has 2 atom stereocenters. The molecule has 2 nitrogen and oxygen atoms in total. The Balaban J connectivity index is 1.90. The lowest BCUT2D eigenvalue weighted by Crippen LogP contribution is -2.49. The lowest BCUT2D eigenvalue weighted by molar-refractivity contribution is 0.0182. The van der Waals surface area contributed by atoms with Gasteiger partial charge in [0.05, 0.1) is 6.10 Å². The summed E-state index contributed by atoms with van der Waals surface area (Å²) in [6.45, 7) is 16.3. The van der Waals surface area contributed by atoms with Crippen molar-refractivity contribution in [3.63, 3.8) is 0 Å². The minimum Gasteiger partial charge on any atom is -0.377 e. The van der Waals surface area contributed by atoms with Gasteiger partial charge in [0.1, 0.15) is 0 Å². The molecule has 0 bridgehead atoms. The third kappa shape index (κ3) is 4.69. The van der Waals surface area contributed by atoms with Crippen LogP contribution in [0.25, 0.3) is 0 Å². The third-order valence-corrected chi connectivity index (χ3v) is 5.42. The summed E-state index contributed by atoms with van der Waals surface area (Å²) in [6, 6.07) is 0.633. The van der Waals surface area contributed by atoms with Crippen molar-refractivity contribution in [3.05, 3.63) is 0 Å². The lowest BCUT2D eigenvalue weighted by Gasteiger charge is -2.42. The molecule has 0 amide bonds.